The van der Waals surface area contributed by atoms with Gasteiger partial charge in [0.15, 0.2) is 5.13 Å². The molecule has 1 unspecified atom stereocenters. The van der Waals surface area contributed by atoms with Gasteiger partial charge in [0, 0.05) is 18.7 Å². The molecule has 30 heavy (non-hydrogen) atoms. The average Bonchev–Trinajstić information content (AvgIpc) is 3.14. The smallest absolute Gasteiger partial charge is 0.308 e. The third-order valence-corrected chi connectivity index (χ3v) is 7.39. The van der Waals surface area contributed by atoms with Crippen LogP contribution in [0, 0.1) is 5.92 Å². The maximum Gasteiger partial charge on any atom is 0.308 e. The number of carbonyl (C=O) groups is 2. The number of anilines is 1. The minimum absolute atomic E-state index is 0.137. The van der Waals surface area contributed by atoms with E-state index in [2.05, 4.69) is 9.71 Å². The van der Waals surface area contributed by atoms with Crippen molar-refractivity contribution in [3.8, 4) is 0 Å². The molecule has 0 radical (unpaired) electrons. The van der Waals surface area contributed by atoms with E-state index in [4.69, 9.17) is 0 Å². The predicted octanol–water partition coefficient (Wildman–Crippen LogP) is 3.03. The topological polar surface area (TPSA) is 117 Å². The number of benzene rings is 2. The van der Waals surface area contributed by atoms with Gasteiger partial charge in [0.1, 0.15) is 0 Å². The molecule has 8 nitrogen and oxygen atoms in total. The number of nitrogens with one attached hydrogen (secondary N) is 1. The largest absolute Gasteiger partial charge is 0.481 e. The van der Waals surface area contributed by atoms with Crippen LogP contribution in [0.25, 0.3) is 10.2 Å². The zero-order chi connectivity index (χ0) is 21.3. The molecule has 1 amide bonds. The molecule has 2 aromatic carbocycles. The highest BCUT2D eigenvalue weighted by molar-refractivity contribution is 7.93. The molecule has 0 bridgehead atoms. The van der Waals surface area contributed by atoms with Crippen LogP contribution < -0.4 is 4.72 Å². The molecular formula is C20H19N3O5S2. The standard InChI is InChI=1S/C20H19N3O5S2/c24-18(23-10-4-5-14(12-23)19(25)26)13-8-9-16-17(11-13)29-20(21-16)22-30(27,28)15-6-2-1-3-7-15/h1-3,6-9,11,14H,4-5,10,12H2,(H,21,22)(H,25,26). The van der Waals surface area contributed by atoms with Crippen LogP contribution in [0.15, 0.2) is 53.4 Å². The molecule has 1 saturated heterocycles. The van der Waals surface area contributed by atoms with Crippen molar-refractivity contribution in [3.05, 3.63) is 54.1 Å². The zero-order valence-electron chi connectivity index (χ0n) is 15.8. The van der Waals surface area contributed by atoms with Crippen LogP contribution >= 0.6 is 11.3 Å². The lowest BCUT2D eigenvalue weighted by atomic mass is 9.97. The molecule has 1 aliphatic rings. The van der Waals surface area contributed by atoms with Gasteiger partial charge < -0.3 is 10.0 Å². The SMILES string of the molecule is O=C(O)C1CCCN(C(=O)c2ccc3nc(NS(=O)(=O)c4ccccc4)sc3c2)C1. The third-order valence-electron chi connectivity index (χ3n) is 4.97. The van der Waals surface area contributed by atoms with E-state index in [1.807, 2.05) is 0 Å². The second-order valence-corrected chi connectivity index (χ2v) is 9.76. The van der Waals surface area contributed by atoms with Crippen LogP contribution in [0.5, 0.6) is 0 Å². The highest BCUT2D eigenvalue weighted by Gasteiger charge is 2.29. The summed E-state index contributed by atoms with van der Waals surface area (Å²) in [5.74, 6) is -1.67. The Morgan fingerprint density at radius 3 is 2.67 bits per heavy atom. The predicted molar refractivity (Wildman–Crippen MR) is 113 cm³/mol. The van der Waals surface area contributed by atoms with E-state index in [1.165, 1.54) is 12.1 Å². The first-order valence-corrected chi connectivity index (χ1v) is 11.6. The van der Waals surface area contributed by atoms with Crippen molar-refractivity contribution in [2.45, 2.75) is 17.7 Å². The van der Waals surface area contributed by atoms with Gasteiger partial charge in [-0.25, -0.2) is 13.4 Å². The van der Waals surface area contributed by atoms with Gasteiger partial charge in [-0.1, -0.05) is 29.5 Å². The van der Waals surface area contributed by atoms with E-state index in [1.54, 1.807) is 41.3 Å². The Balaban J connectivity index is 1.55. The molecule has 1 aliphatic heterocycles. The van der Waals surface area contributed by atoms with Gasteiger partial charge in [0.05, 0.1) is 21.0 Å². The van der Waals surface area contributed by atoms with E-state index in [0.29, 0.717) is 35.2 Å². The van der Waals surface area contributed by atoms with Gasteiger partial charge in [0.2, 0.25) is 0 Å². The molecule has 1 fully saturated rings. The van der Waals surface area contributed by atoms with Crippen molar-refractivity contribution in [1.29, 1.82) is 0 Å². The highest BCUT2D eigenvalue weighted by Crippen LogP contribution is 2.29. The number of piperidine rings is 1. The number of carbonyl (C=O) groups excluding carboxylic acids is 1. The number of rotatable bonds is 5. The highest BCUT2D eigenvalue weighted by atomic mass is 32.2. The number of aromatic nitrogens is 1. The van der Waals surface area contributed by atoms with Gasteiger partial charge in [-0.05, 0) is 43.2 Å². The normalized spacial score (nSPS) is 17.1. The summed E-state index contributed by atoms with van der Waals surface area (Å²) in [7, 11) is -3.75. The lowest BCUT2D eigenvalue weighted by molar-refractivity contribution is -0.143. The van der Waals surface area contributed by atoms with E-state index < -0.39 is 21.9 Å². The lowest BCUT2D eigenvalue weighted by Crippen LogP contribution is -2.42. The van der Waals surface area contributed by atoms with E-state index in [-0.39, 0.29) is 22.5 Å². The quantitative estimate of drug-likeness (QED) is 0.623. The van der Waals surface area contributed by atoms with Crippen LogP contribution in [0.2, 0.25) is 0 Å². The molecule has 4 rings (SSSR count). The summed E-state index contributed by atoms with van der Waals surface area (Å²) in [5.41, 5.74) is 0.999. The van der Waals surface area contributed by atoms with E-state index in [9.17, 15) is 23.1 Å². The minimum atomic E-state index is -3.75. The Morgan fingerprint density at radius 2 is 1.93 bits per heavy atom. The Hall–Kier alpha value is -2.98. The Bertz CT molecular complexity index is 1210. The van der Waals surface area contributed by atoms with Crippen molar-refractivity contribution in [3.63, 3.8) is 0 Å². The van der Waals surface area contributed by atoms with E-state index >= 15 is 0 Å². The minimum Gasteiger partial charge on any atom is -0.481 e. The number of likely N-dealkylation sites (tertiary alicyclic amines) is 1. The number of aliphatic carboxylic acids is 1. The van der Waals surface area contributed by atoms with Crippen LogP contribution in [-0.4, -0.2) is 48.4 Å². The number of hydrogen-bond donors (Lipinski definition) is 2. The first-order chi connectivity index (χ1) is 14.3. The molecular weight excluding hydrogens is 426 g/mol. The molecule has 0 aliphatic carbocycles. The number of hydrogen-bond acceptors (Lipinski definition) is 6. The Morgan fingerprint density at radius 1 is 1.17 bits per heavy atom. The summed E-state index contributed by atoms with van der Waals surface area (Å²) in [6.45, 7) is 0.711. The molecule has 10 heteroatoms. The van der Waals surface area contributed by atoms with Gasteiger partial charge >= 0.3 is 5.97 Å². The summed E-state index contributed by atoms with van der Waals surface area (Å²) >= 11 is 1.14. The number of nitrogens with zero attached hydrogens (tertiary/aromatic N) is 2. The summed E-state index contributed by atoms with van der Waals surface area (Å²) < 4.78 is 28.1. The number of carboxylic acids is 1. The molecule has 0 saturated carbocycles. The number of fused-ring (bicyclic) bond motifs is 1. The summed E-state index contributed by atoms with van der Waals surface area (Å²) in [6.07, 6.45) is 1.22. The van der Waals surface area contributed by atoms with Crippen molar-refractivity contribution < 1.29 is 23.1 Å². The molecule has 1 aromatic heterocycles. The number of carboxylic acid groups (broad SMARTS) is 1. The third kappa shape index (κ3) is 4.14. The maximum atomic E-state index is 12.8. The maximum absolute atomic E-state index is 12.8. The molecule has 0 spiro atoms. The summed E-state index contributed by atoms with van der Waals surface area (Å²) in [6, 6.07) is 13.0. The monoisotopic (exact) mass is 445 g/mol. The molecule has 2 heterocycles. The number of sulfonamides is 1. The Kier molecular flexibility index (Phi) is 5.44. The average molecular weight is 446 g/mol. The number of thiazole rings is 1. The van der Waals surface area contributed by atoms with Crippen LogP contribution in [0.1, 0.15) is 23.2 Å². The van der Waals surface area contributed by atoms with Gasteiger partial charge in [0.25, 0.3) is 15.9 Å². The van der Waals surface area contributed by atoms with Gasteiger partial charge in [-0.3, -0.25) is 14.3 Å². The molecule has 2 N–H and O–H groups in total. The van der Waals surface area contributed by atoms with Crippen LogP contribution in [0.3, 0.4) is 0 Å². The van der Waals surface area contributed by atoms with Crippen molar-refractivity contribution in [2.24, 2.45) is 5.92 Å². The first-order valence-electron chi connectivity index (χ1n) is 9.34. The molecule has 156 valence electrons. The Labute approximate surface area is 177 Å². The lowest BCUT2D eigenvalue weighted by Gasteiger charge is -2.30. The summed E-state index contributed by atoms with van der Waals surface area (Å²) in [4.78, 5) is 30.1. The fraction of sp³-hybridized carbons (Fsp3) is 0.250. The van der Waals surface area contributed by atoms with Crippen LogP contribution in [-0.2, 0) is 14.8 Å². The fourth-order valence-electron chi connectivity index (χ4n) is 3.42. The molecule has 1 atom stereocenters. The second kappa shape index (κ2) is 8.04. The zero-order valence-corrected chi connectivity index (χ0v) is 17.4. The van der Waals surface area contributed by atoms with Crippen molar-refractivity contribution in [2.75, 3.05) is 17.8 Å². The van der Waals surface area contributed by atoms with Crippen molar-refractivity contribution >= 4 is 48.6 Å². The van der Waals surface area contributed by atoms with Crippen LogP contribution in [0.4, 0.5) is 5.13 Å². The first kappa shape index (κ1) is 20.3. The van der Waals surface area contributed by atoms with Gasteiger partial charge in [-0.15, -0.1) is 0 Å². The van der Waals surface area contributed by atoms with E-state index in [0.717, 1.165) is 11.3 Å². The fourth-order valence-corrected chi connectivity index (χ4v) is 5.58. The molecule has 3 aromatic rings. The second-order valence-electron chi connectivity index (χ2n) is 7.05. The van der Waals surface area contributed by atoms with Crippen molar-refractivity contribution in [1.82, 2.24) is 9.88 Å². The number of amides is 1. The summed E-state index contributed by atoms with van der Waals surface area (Å²) in [5, 5.41) is 9.44. The van der Waals surface area contributed by atoms with Gasteiger partial charge in [-0.2, -0.15) is 0 Å².